The van der Waals surface area contributed by atoms with Crippen LogP contribution in [0.5, 0.6) is 5.88 Å². The average molecular weight is 363 g/mol. The average Bonchev–Trinajstić information content (AvgIpc) is 3.51. The third kappa shape index (κ3) is 2.97. The van der Waals surface area contributed by atoms with Crippen molar-refractivity contribution in [3.63, 3.8) is 0 Å². The van der Waals surface area contributed by atoms with E-state index in [-0.39, 0.29) is 6.42 Å². The Labute approximate surface area is 152 Å². The van der Waals surface area contributed by atoms with Gasteiger partial charge in [-0.1, -0.05) is 13.3 Å². The summed E-state index contributed by atoms with van der Waals surface area (Å²) in [7, 11) is 1.54. The molecule has 2 unspecified atom stereocenters. The van der Waals surface area contributed by atoms with Crippen LogP contribution in [0.1, 0.15) is 69.0 Å². The van der Waals surface area contributed by atoms with Crippen LogP contribution in [0.3, 0.4) is 0 Å². The molecule has 0 amide bonds. The van der Waals surface area contributed by atoms with E-state index < -0.39 is 17.5 Å². The van der Waals surface area contributed by atoms with Gasteiger partial charge in [-0.25, -0.2) is 4.98 Å². The summed E-state index contributed by atoms with van der Waals surface area (Å²) in [6.07, 6.45) is 7.30. The Morgan fingerprint density at radius 3 is 2.73 bits per heavy atom. The second-order valence-corrected chi connectivity index (χ2v) is 8.06. The number of aryl methyl sites for hydroxylation is 1. The molecule has 0 aromatic carbocycles. The summed E-state index contributed by atoms with van der Waals surface area (Å²) in [5, 5.41) is 12.1. The van der Waals surface area contributed by atoms with E-state index in [0.717, 1.165) is 12.3 Å². The first-order chi connectivity index (χ1) is 12.4. The molecule has 3 atom stereocenters. The van der Waals surface area contributed by atoms with E-state index in [1.165, 1.54) is 19.3 Å². The van der Waals surface area contributed by atoms with Gasteiger partial charge in [-0.3, -0.25) is 4.98 Å². The van der Waals surface area contributed by atoms with E-state index in [4.69, 9.17) is 4.74 Å². The minimum Gasteiger partial charge on any atom is -0.857 e. The molecule has 2 saturated carbocycles. The molecule has 4 nitrogen and oxygen atoms in total. The minimum absolute atomic E-state index is 0.321. The number of nitrogens with zero attached hydrogens (tertiary/aromatic N) is 2. The first-order valence-corrected chi connectivity index (χ1v) is 9.60. The third-order valence-corrected chi connectivity index (χ3v) is 6.58. The molecule has 6 heteroatoms. The highest BCUT2D eigenvalue weighted by Gasteiger charge is 2.68. The van der Waals surface area contributed by atoms with E-state index >= 15 is 0 Å². The third-order valence-electron chi connectivity index (χ3n) is 6.58. The van der Waals surface area contributed by atoms with Gasteiger partial charge in [0.1, 0.15) is 5.69 Å². The van der Waals surface area contributed by atoms with Crippen molar-refractivity contribution in [3.05, 3.63) is 22.8 Å². The van der Waals surface area contributed by atoms with E-state index in [0.29, 0.717) is 47.7 Å². The number of halogens is 2. The number of ether oxygens (including phenoxy) is 1. The minimum atomic E-state index is -3.21. The molecular weight excluding hydrogens is 338 g/mol. The lowest BCUT2D eigenvalue weighted by Crippen LogP contribution is -2.22. The Hall–Kier alpha value is -1.72. The van der Waals surface area contributed by atoms with Crippen molar-refractivity contribution in [2.45, 2.75) is 64.2 Å². The van der Waals surface area contributed by atoms with E-state index in [9.17, 15) is 13.9 Å². The van der Waals surface area contributed by atoms with Crippen molar-refractivity contribution in [3.8, 4) is 5.88 Å². The zero-order chi connectivity index (χ0) is 18.5. The van der Waals surface area contributed by atoms with Gasteiger partial charge in [0.2, 0.25) is 0 Å². The van der Waals surface area contributed by atoms with Crippen molar-refractivity contribution in [1.82, 2.24) is 9.97 Å². The highest BCUT2D eigenvalue weighted by atomic mass is 19.3. The Kier molecular flexibility index (Phi) is 4.20. The van der Waals surface area contributed by atoms with E-state index in [1.807, 2.05) is 0 Å². The van der Waals surface area contributed by atoms with Crippen LogP contribution in [0, 0.1) is 17.3 Å². The molecule has 0 N–H and O–H groups in total. The quantitative estimate of drug-likeness (QED) is 0.729. The summed E-state index contributed by atoms with van der Waals surface area (Å²) < 4.78 is 34.4. The predicted molar refractivity (Wildman–Crippen MR) is 91.5 cm³/mol. The fourth-order valence-corrected chi connectivity index (χ4v) is 4.81. The molecule has 0 aliphatic heterocycles. The van der Waals surface area contributed by atoms with Crippen LogP contribution < -0.4 is 5.11 Å². The Bertz CT molecular complexity index is 750. The lowest BCUT2D eigenvalue weighted by Gasteiger charge is -2.24. The maximum Gasteiger partial charge on any atom is 0.290 e. The molecule has 0 saturated heterocycles. The summed E-state index contributed by atoms with van der Waals surface area (Å²) in [6.45, 7) is 2.21. The highest BCUT2D eigenvalue weighted by molar-refractivity contribution is 5.53. The van der Waals surface area contributed by atoms with Crippen LogP contribution in [-0.4, -0.2) is 17.1 Å². The summed E-state index contributed by atoms with van der Waals surface area (Å²) >= 11 is 0. The Morgan fingerprint density at radius 1 is 1.27 bits per heavy atom. The van der Waals surface area contributed by atoms with Gasteiger partial charge < -0.3 is 9.84 Å². The SMILES string of the molecule is CCC1C[C@]12CC2CCCC(F)(F)c1nc2c(nc1[O-])C=C(OC)CC2. The second-order valence-electron chi connectivity index (χ2n) is 8.06. The van der Waals surface area contributed by atoms with Gasteiger partial charge in [0, 0.05) is 24.8 Å². The number of hydrogen-bond donors (Lipinski definition) is 0. The number of fused-ring (bicyclic) bond motifs is 1. The van der Waals surface area contributed by atoms with Gasteiger partial charge in [0.15, 0.2) is 0 Å². The predicted octanol–water partition coefficient (Wildman–Crippen LogP) is 4.18. The number of aromatic nitrogens is 2. The van der Waals surface area contributed by atoms with Gasteiger partial charge in [-0.05, 0) is 49.4 Å². The van der Waals surface area contributed by atoms with Crippen molar-refractivity contribution < 1.29 is 18.6 Å². The lowest BCUT2D eigenvalue weighted by molar-refractivity contribution is -0.280. The summed E-state index contributed by atoms with van der Waals surface area (Å²) in [6, 6.07) is 0. The lowest BCUT2D eigenvalue weighted by atomic mass is 10.0. The summed E-state index contributed by atoms with van der Waals surface area (Å²) in [5.74, 6) is -2.01. The maximum absolute atomic E-state index is 14.6. The van der Waals surface area contributed by atoms with Crippen LogP contribution in [0.15, 0.2) is 5.76 Å². The number of alkyl halides is 2. The molecular formula is C20H25F2N2O2-. The maximum atomic E-state index is 14.6. The van der Waals surface area contributed by atoms with Crippen LogP contribution in [0.2, 0.25) is 0 Å². The first kappa shape index (κ1) is 17.7. The Morgan fingerprint density at radius 2 is 2.04 bits per heavy atom. The smallest absolute Gasteiger partial charge is 0.290 e. The van der Waals surface area contributed by atoms with Gasteiger partial charge in [0.25, 0.3) is 5.92 Å². The molecule has 0 radical (unpaired) electrons. The molecule has 0 bridgehead atoms. The number of rotatable bonds is 7. The molecule has 3 aliphatic carbocycles. The molecule has 142 valence electrons. The summed E-state index contributed by atoms with van der Waals surface area (Å²) in [4.78, 5) is 7.84. The van der Waals surface area contributed by atoms with Crippen LogP contribution >= 0.6 is 0 Å². The topological polar surface area (TPSA) is 58.1 Å². The molecule has 1 aromatic heterocycles. The van der Waals surface area contributed by atoms with E-state index in [1.54, 1.807) is 13.2 Å². The van der Waals surface area contributed by atoms with Gasteiger partial charge in [-0.15, -0.1) is 0 Å². The standard InChI is InChI=1S/C20H26F2N2O2/c1-3-12-10-19(12)11-13(19)5-4-8-20(21,22)17-18(25)24-16-9-14(26-2)6-7-15(16)23-17/h9,12-13H,3-8,10-11H2,1-2H3,(H,24,25)/p-1/t12?,13?,19-/m0/s1. The zero-order valence-electron chi connectivity index (χ0n) is 15.4. The molecule has 3 aliphatic rings. The molecule has 1 spiro atoms. The van der Waals surface area contributed by atoms with Crippen molar-refractivity contribution in [1.29, 1.82) is 0 Å². The molecule has 1 heterocycles. The normalized spacial score (nSPS) is 29.3. The molecule has 2 fully saturated rings. The van der Waals surface area contributed by atoms with Crippen molar-refractivity contribution >= 4 is 6.08 Å². The molecule has 1 aromatic rings. The number of methoxy groups -OCH3 is 1. The molecule has 26 heavy (non-hydrogen) atoms. The Balaban J connectivity index is 1.40. The highest BCUT2D eigenvalue weighted by Crippen LogP contribution is 2.76. The first-order valence-electron chi connectivity index (χ1n) is 9.60. The monoisotopic (exact) mass is 363 g/mol. The fraction of sp³-hybridized carbons (Fsp3) is 0.700. The fourth-order valence-electron chi connectivity index (χ4n) is 4.81. The molecule has 4 rings (SSSR count). The van der Waals surface area contributed by atoms with E-state index in [2.05, 4.69) is 16.9 Å². The van der Waals surface area contributed by atoms with Crippen LogP contribution in [0.25, 0.3) is 6.08 Å². The van der Waals surface area contributed by atoms with Gasteiger partial charge in [0.05, 0.1) is 24.3 Å². The second kappa shape index (κ2) is 6.17. The summed E-state index contributed by atoms with van der Waals surface area (Å²) in [5.41, 5.74) is 0.640. The van der Waals surface area contributed by atoms with Gasteiger partial charge >= 0.3 is 0 Å². The van der Waals surface area contributed by atoms with Crippen LogP contribution in [-0.2, 0) is 17.1 Å². The largest absolute Gasteiger partial charge is 0.857 e. The number of hydrogen-bond acceptors (Lipinski definition) is 4. The van der Waals surface area contributed by atoms with Crippen molar-refractivity contribution in [2.75, 3.05) is 7.11 Å². The zero-order valence-corrected chi connectivity index (χ0v) is 15.4. The van der Waals surface area contributed by atoms with Crippen molar-refractivity contribution in [2.24, 2.45) is 17.3 Å². The van der Waals surface area contributed by atoms with Gasteiger partial charge in [-0.2, -0.15) is 8.78 Å². The van der Waals surface area contributed by atoms with Crippen LogP contribution in [0.4, 0.5) is 8.78 Å². The number of allylic oxidation sites excluding steroid dienone is 1.